The highest BCUT2D eigenvalue weighted by Crippen LogP contribution is 2.28. The highest BCUT2D eigenvalue weighted by molar-refractivity contribution is 5.57. The van der Waals surface area contributed by atoms with Gasteiger partial charge in [-0.1, -0.05) is 51.5 Å². The van der Waals surface area contributed by atoms with Gasteiger partial charge in [0.1, 0.15) is 0 Å². The molecule has 0 bridgehead atoms. The quantitative estimate of drug-likeness (QED) is 0.574. The minimum atomic E-state index is 0.464. The maximum atomic E-state index is 4.78. The fraction of sp³-hybridized carbons (Fsp3) is 0.722. The number of hydrogen-bond donors (Lipinski definition) is 0. The molecule has 1 rings (SSSR count). The zero-order chi connectivity index (χ0) is 14.0. The smallest absolute Gasteiger partial charge is 0.0530 e. The summed E-state index contributed by atoms with van der Waals surface area (Å²) in [6.45, 7) is 7.02. The number of allylic oxidation sites excluding steroid dienone is 3. The molecule has 0 aliphatic carbocycles. The molecule has 1 atom stereocenters. The van der Waals surface area contributed by atoms with Crippen LogP contribution in [0.15, 0.2) is 29.3 Å². The number of rotatable bonds is 4. The number of nitrogens with zero attached hydrogens (tertiary/aromatic N) is 1. The van der Waals surface area contributed by atoms with Crippen molar-refractivity contribution >= 4 is 6.21 Å². The first-order chi connectivity index (χ1) is 9.14. The summed E-state index contributed by atoms with van der Waals surface area (Å²) in [7, 11) is 0. The van der Waals surface area contributed by atoms with Crippen LogP contribution in [0, 0.1) is 5.41 Å². The van der Waals surface area contributed by atoms with E-state index in [2.05, 4.69) is 51.3 Å². The van der Waals surface area contributed by atoms with E-state index in [4.69, 9.17) is 4.99 Å². The van der Waals surface area contributed by atoms with Gasteiger partial charge in [0.05, 0.1) is 6.04 Å². The minimum absolute atomic E-state index is 0.464. The predicted molar refractivity (Wildman–Crippen MR) is 87.0 cm³/mol. The molecule has 0 aromatic rings. The van der Waals surface area contributed by atoms with Crippen LogP contribution < -0.4 is 0 Å². The van der Waals surface area contributed by atoms with Gasteiger partial charge in [-0.05, 0) is 56.6 Å². The Morgan fingerprint density at radius 2 is 1.63 bits per heavy atom. The van der Waals surface area contributed by atoms with E-state index in [1.165, 1.54) is 32.1 Å². The zero-order valence-corrected chi connectivity index (χ0v) is 13.1. The lowest BCUT2D eigenvalue weighted by molar-refractivity contribution is 0.301. The Balaban J connectivity index is 2.49. The van der Waals surface area contributed by atoms with Crippen molar-refractivity contribution in [2.24, 2.45) is 10.4 Å². The topological polar surface area (TPSA) is 12.4 Å². The Hall–Kier alpha value is -0.850. The van der Waals surface area contributed by atoms with Gasteiger partial charge in [-0.25, -0.2) is 0 Å². The van der Waals surface area contributed by atoms with Gasteiger partial charge >= 0.3 is 0 Å². The molecular formula is C18H31N. The van der Waals surface area contributed by atoms with Crippen LogP contribution >= 0.6 is 0 Å². The minimum Gasteiger partial charge on any atom is -0.294 e. The second-order valence-corrected chi connectivity index (χ2v) is 6.38. The van der Waals surface area contributed by atoms with Gasteiger partial charge in [-0.3, -0.25) is 4.99 Å². The summed E-state index contributed by atoms with van der Waals surface area (Å²) in [5, 5.41) is 0. The maximum absolute atomic E-state index is 4.78. The van der Waals surface area contributed by atoms with Gasteiger partial charge in [0.2, 0.25) is 0 Å². The summed E-state index contributed by atoms with van der Waals surface area (Å²) >= 11 is 0. The lowest BCUT2D eigenvalue weighted by Gasteiger charge is -2.24. The first kappa shape index (κ1) is 16.2. The molecular weight excluding hydrogens is 230 g/mol. The molecule has 1 aliphatic rings. The van der Waals surface area contributed by atoms with Gasteiger partial charge in [-0.15, -0.1) is 0 Å². The first-order valence-corrected chi connectivity index (χ1v) is 7.96. The van der Waals surface area contributed by atoms with Crippen LogP contribution in [0.5, 0.6) is 0 Å². The van der Waals surface area contributed by atoms with Crippen LogP contribution in [-0.4, -0.2) is 12.3 Å². The Kier molecular flexibility index (Phi) is 7.78. The molecule has 0 spiro atoms. The summed E-state index contributed by atoms with van der Waals surface area (Å²) in [6, 6.07) is 0.491. The van der Waals surface area contributed by atoms with Crippen LogP contribution in [-0.2, 0) is 0 Å². The SMILES string of the molecule is CCC(C)(C)CCC1CC=CCCC=CCCC=N1. The van der Waals surface area contributed by atoms with Crippen molar-refractivity contribution in [1.29, 1.82) is 0 Å². The number of hydrogen-bond acceptors (Lipinski definition) is 1. The summed E-state index contributed by atoms with van der Waals surface area (Å²) in [5.74, 6) is 0. The van der Waals surface area contributed by atoms with Crippen LogP contribution in [0.4, 0.5) is 0 Å². The van der Waals surface area contributed by atoms with Crippen molar-refractivity contribution in [3.05, 3.63) is 24.3 Å². The standard InChI is InChI=1S/C18H31N/c1-4-18(2,3)15-14-17-13-11-9-7-5-6-8-10-12-16-19-17/h6,8-9,11,16-17H,4-5,7,10,12-15H2,1-3H3. The first-order valence-electron chi connectivity index (χ1n) is 7.96. The van der Waals surface area contributed by atoms with Crippen LogP contribution in [0.1, 0.15) is 72.1 Å². The average molecular weight is 261 g/mol. The summed E-state index contributed by atoms with van der Waals surface area (Å²) < 4.78 is 0. The Bertz CT molecular complexity index is 310. The van der Waals surface area contributed by atoms with E-state index in [9.17, 15) is 0 Å². The molecule has 19 heavy (non-hydrogen) atoms. The molecule has 0 fully saturated rings. The fourth-order valence-electron chi connectivity index (χ4n) is 2.18. The molecule has 0 saturated heterocycles. The second-order valence-electron chi connectivity index (χ2n) is 6.38. The van der Waals surface area contributed by atoms with E-state index in [-0.39, 0.29) is 0 Å². The molecule has 0 radical (unpaired) electrons. The maximum Gasteiger partial charge on any atom is 0.0530 e. The molecule has 0 aromatic carbocycles. The summed E-state index contributed by atoms with van der Waals surface area (Å²) in [4.78, 5) is 4.78. The molecule has 0 saturated carbocycles. The normalized spacial score (nSPS) is 21.9. The van der Waals surface area contributed by atoms with Crippen molar-refractivity contribution < 1.29 is 0 Å². The van der Waals surface area contributed by atoms with E-state index in [1.54, 1.807) is 0 Å². The predicted octanol–water partition coefficient (Wildman–Crippen LogP) is 5.72. The third-order valence-corrected chi connectivity index (χ3v) is 4.13. The van der Waals surface area contributed by atoms with Crippen LogP contribution in [0.2, 0.25) is 0 Å². The van der Waals surface area contributed by atoms with Crippen molar-refractivity contribution in [1.82, 2.24) is 0 Å². The summed E-state index contributed by atoms with van der Waals surface area (Å²) in [6.07, 6.45) is 20.8. The molecule has 108 valence electrons. The molecule has 0 N–H and O–H groups in total. The number of aliphatic imine (C=N–C) groups is 1. The Morgan fingerprint density at radius 3 is 2.32 bits per heavy atom. The van der Waals surface area contributed by atoms with Crippen molar-refractivity contribution in [3.8, 4) is 0 Å². The highest BCUT2D eigenvalue weighted by Gasteiger charge is 2.17. The molecule has 0 aromatic heterocycles. The molecule has 1 heteroatoms. The molecule has 1 heterocycles. The lowest BCUT2D eigenvalue weighted by atomic mass is 9.83. The second kappa shape index (κ2) is 9.12. The summed E-state index contributed by atoms with van der Waals surface area (Å²) in [5.41, 5.74) is 0.464. The van der Waals surface area contributed by atoms with Gasteiger partial charge in [-0.2, -0.15) is 0 Å². The zero-order valence-electron chi connectivity index (χ0n) is 13.1. The van der Waals surface area contributed by atoms with Gasteiger partial charge in [0.25, 0.3) is 0 Å². The molecule has 1 aliphatic heterocycles. The van der Waals surface area contributed by atoms with E-state index < -0.39 is 0 Å². The van der Waals surface area contributed by atoms with E-state index in [0.717, 1.165) is 19.3 Å². The largest absolute Gasteiger partial charge is 0.294 e. The van der Waals surface area contributed by atoms with E-state index in [1.807, 2.05) is 0 Å². The average Bonchev–Trinajstić information content (AvgIpc) is 2.38. The van der Waals surface area contributed by atoms with E-state index >= 15 is 0 Å². The third-order valence-electron chi connectivity index (χ3n) is 4.13. The molecule has 0 amide bonds. The molecule has 1 nitrogen and oxygen atoms in total. The molecule has 1 unspecified atom stereocenters. The highest BCUT2D eigenvalue weighted by atomic mass is 14.8. The monoisotopic (exact) mass is 261 g/mol. The van der Waals surface area contributed by atoms with Gasteiger partial charge in [0.15, 0.2) is 0 Å². The van der Waals surface area contributed by atoms with Crippen molar-refractivity contribution in [2.45, 2.75) is 78.2 Å². The Labute approximate surface area is 119 Å². The van der Waals surface area contributed by atoms with Gasteiger partial charge < -0.3 is 0 Å². The fourth-order valence-corrected chi connectivity index (χ4v) is 2.18. The van der Waals surface area contributed by atoms with Crippen LogP contribution in [0.3, 0.4) is 0 Å². The van der Waals surface area contributed by atoms with Gasteiger partial charge in [0, 0.05) is 0 Å². The van der Waals surface area contributed by atoms with E-state index in [0.29, 0.717) is 11.5 Å². The lowest BCUT2D eigenvalue weighted by Crippen LogP contribution is -2.14. The van der Waals surface area contributed by atoms with Crippen LogP contribution in [0.25, 0.3) is 0 Å². The van der Waals surface area contributed by atoms with Crippen molar-refractivity contribution in [3.63, 3.8) is 0 Å². The van der Waals surface area contributed by atoms with Crippen molar-refractivity contribution in [2.75, 3.05) is 0 Å². The third kappa shape index (κ3) is 8.02. The Morgan fingerprint density at radius 1 is 1.00 bits per heavy atom.